The summed E-state index contributed by atoms with van der Waals surface area (Å²) in [6, 6.07) is 9.04. The van der Waals surface area contributed by atoms with Crippen molar-refractivity contribution < 1.29 is 22.0 Å². The minimum absolute atomic E-state index is 0.110. The summed E-state index contributed by atoms with van der Waals surface area (Å²) in [5.74, 6) is -0.888. The first-order valence-electron chi connectivity index (χ1n) is 8.56. The van der Waals surface area contributed by atoms with Crippen molar-refractivity contribution in [3.05, 3.63) is 61.9 Å². The molecular formula is C19H17BrF2INO3S. The standard InChI is InChI=1S/C19H17BrF2INO3S/c20-13-7-12(8-16(23)9-13)1-6-19(25)18-10-15(22)11-24(18)28(26,27)17-4-2-14(21)3-5-17/h2-5,7-9,15,18H,1,6,10-11H2/t15-,18+/m1/s1. The number of carbonyl (C=O) groups excluding carboxylic acids is 1. The molecule has 9 heteroatoms. The molecule has 1 heterocycles. The molecule has 0 bridgehead atoms. The topological polar surface area (TPSA) is 54.5 Å². The molecule has 0 saturated carbocycles. The van der Waals surface area contributed by atoms with Crippen LogP contribution in [0.1, 0.15) is 18.4 Å². The van der Waals surface area contributed by atoms with Crippen LogP contribution in [0, 0.1) is 9.39 Å². The lowest BCUT2D eigenvalue weighted by atomic mass is 10.0. The van der Waals surface area contributed by atoms with Gasteiger partial charge in [-0.05, 0) is 77.0 Å². The zero-order valence-corrected chi connectivity index (χ0v) is 19.2. The summed E-state index contributed by atoms with van der Waals surface area (Å²) in [6.07, 6.45) is -1.02. The van der Waals surface area contributed by atoms with E-state index in [0.29, 0.717) is 6.42 Å². The first kappa shape index (κ1) is 21.8. The van der Waals surface area contributed by atoms with E-state index in [1.807, 2.05) is 18.2 Å². The number of aryl methyl sites for hydroxylation is 1. The largest absolute Gasteiger partial charge is 0.298 e. The number of nitrogens with zero attached hydrogens (tertiary/aromatic N) is 1. The lowest BCUT2D eigenvalue weighted by Gasteiger charge is -2.22. The Morgan fingerprint density at radius 2 is 1.89 bits per heavy atom. The molecule has 1 aliphatic heterocycles. The average molecular weight is 584 g/mol. The van der Waals surface area contributed by atoms with Crippen LogP contribution < -0.4 is 0 Å². The van der Waals surface area contributed by atoms with E-state index in [0.717, 1.165) is 42.2 Å². The first-order valence-corrected chi connectivity index (χ1v) is 11.9. The van der Waals surface area contributed by atoms with Crippen LogP contribution in [0.25, 0.3) is 0 Å². The highest BCUT2D eigenvalue weighted by atomic mass is 127. The van der Waals surface area contributed by atoms with Crippen molar-refractivity contribution in [1.82, 2.24) is 4.31 Å². The van der Waals surface area contributed by atoms with Crippen LogP contribution in [0.2, 0.25) is 0 Å². The molecule has 0 N–H and O–H groups in total. The Bertz CT molecular complexity index is 965. The van der Waals surface area contributed by atoms with Gasteiger partial charge in [0, 0.05) is 27.4 Å². The van der Waals surface area contributed by atoms with E-state index < -0.39 is 28.1 Å². The van der Waals surface area contributed by atoms with Crippen LogP contribution in [0.5, 0.6) is 0 Å². The fourth-order valence-electron chi connectivity index (χ4n) is 3.25. The minimum atomic E-state index is -4.08. The second kappa shape index (κ2) is 8.85. The summed E-state index contributed by atoms with van der Waals surface area (Å²) in [7, 11) is -4.08. The zero-order valence-electron chi connectivity index (χ0n) is 14.6. The molecule has 0 radical (unpaired) electrons. The summed E-state index contributed by atoms with van der Waals surface area (Å²) in [5.41, 5.74) is 0.940. The minimum Gasteiger partial charge on any atom is -0.298 e. The van der Waals surface area contributed by atoms with Gasteiger partial charge in [-0.2, -0.15) is 4.31 Å². The number of hydrogen-bond acceptors (Lipinski definition) is 3. The van der Waals surface area contributed by atoms with E-state index in [1.165, 1.54) is 0 Å². The molecular weight excluding hydrogens is 567 g/mol. The van der Waals surface area contributed by atoms with Gasteiger partial charge in [0.25, 0.3) is 0 Å². The van der Waals surface area contributed by atoms with E-state index in [1.54, 1.807) is 0 Å². The summed E-state index contributed by atoms with van der Waals surface area (Å²) >= 11 is 5.58. The molecule has 1 fully saturated rings. The Kier molecular flexibility index (Phi) is 6.88. The predicted octanol–water partition coefficient (Wildman–Crippen LogP) is 4.50. The van der Waals surface area contributed by atoms with Gasteiger partial charge >= 0.3 is 0 Å². The molecule has 4 nitrogen and oxygen atoms in total. The highest BCUT2D eigenvalue weighted by Gasteiger charge is 2.43. The second-order valence-electron chi connectivity index (χ2n) is 6.62. The van der Waals surface area contributed by atoms with E-state index in [2.05, 4.69) is 38.5 Å². The number of hydrogen-bond donors (Lipinski definition) is 0. The lowest BCUT2D eigenvalue weighted by molar-refractivity contribution is -0.122. The zero-order chi connectivity index (χ0) is 20.5. The fraction of sp³-hybridized carbons (Fsp3) is 0.316. The summed E-state index contributed by atoms with van der Waals surface area (Å²) < 4.78 is 55.7. The molecule has 2 aromatic rings. The molecule has 0 aromatic heterocycles. The van der Waals surface area contributed by atoms with E-state index >= 15 is 0 Å². The van der Waals surface area contributed by atoms with Crippen molar-refractivity contribution in [1.29, 1.82) is 0 Å². The number of sulfonamides is 1. The summed E-state index contributed by atoms with van der Waals surface area (Å²) in [4.78, 5) is 12.6. The molecule has 150 valence electrons. The van der Waals surface area contributed by atoms with Crippen molar-refractivity contribution >= 4 is 54.3 Å². The Balaban J connectivity index is 1.77. The van der Waals surface area contributed by atoms with Gasteiger partial charge in [-0.3, -0.25) is 4.79 Å². The lowest BCUT2D eigenvalue weighted by Crippen LogP contribution is -2.40. The molecule has 2 atom stereocenters. The molecule has 2 aromatic carbocycles. The van der Waals surface area contributed by atoms with E-state index in [9.17, 15) is 22.0 Å². The SMILES string of the molecule is O=C(CCc1cc(Br)cc(I)c1)[C@@H]1C[C@@H](F)CN1S(=O)(=O)c1ccc(F)cc1. The molecule has 1 aliphatic rings. The van der Waals surface area contributed by atoms with Gasteiger partial charge in [-0.25, -0.2) is 17.2 Å². The van der Waals surface area contributed by atoms with E-state index in [4.69, 9.17) is 0 Å². The van der Waals surface area contributed by atoms with Crippen LogP contribution in [-0.4, -0.2) is 37.3 Å². The molecule has 28 heavy (non-hydrogen) atoms. The number of rotatable bonds is 6. The number of carbonyl (C=O) groups is 1. The Morgan fingerprint density at radius 1 is 1.21 bits per heavy atom. The number of benzene rings is 2. The van der Waals surface area contributed by atoms with Crippen molar-refractivity contribution in [2.45, 2.75) is 36.4 Å². The Hall–Kier alpha value is -0.910. The maximum atomic E-state index is 14.0. The van der Waals surface area contributed by atoms with Crippen LogP contribution in [0.3, 0.4) is 0 Å². The van der Waals surface area contributed by atoms with Crippen molar-refractivity contribution in [3.63, 3.8) is 0 Å². The van der Waals surface area contributed by atoms with Crippen LogP contribution >= 0.6 is 38.5 Å². The normalized spacial score (nSPS) is 20.4. The molecule has 0 unspecified atom stereocenters. The van der Waals surface area contributed by atoms with Gasteiger partial charge in [0.1, 0.15) is 12.0 Å². The predicted molar refractivity (Wildman–Crippen MR) is 114 cm³/mol. The molecule has 0 aliphatic carbocycles. The smallest absolute Gasteiger partial charge is 0.243 e. The highest BCUT2D eigenvalue weighted by molar-refractivity contribution is 14.1. The van der Waals surface area contributed by atoms with Gasteiger partial charge in [0.2, 0.25) is 10.0 Å². The van der Waals surface area contributed by atoms with Gasteiger partial charge < -0.3 is 0 Å². The number of alkyl halides is 1. The van der Waals surface area contributed by atoms with Gasteiger partial charge in [-0.15, -0.1) is 0 Å². The van der Waals surface area contributed by atoms with Gasteiger partial charge in [0.05, 0.1) is 10.9 Å². The molecule has 0 amide bonds. The molecule has 0 spiro atoms. The maximum absolute atomic E-state index is 14.0. The van der Waals surface area contributed by atoms with Crippen LogP contribution in [0.4, 0.5) is 8.78 Å². The third-order valence-corrected chi connectivity index (χ3v) is 7.55. The fourth-order valence-corrected chi connectivity index (χ4v) is 6.60. The third kappa shape index (κ3) is 4.98. The highest BCUT2D eigenvalue weighted by Crippen LogP contribution is 2.29. The summed E-state index contributed by atoms with van der Waals surface area (Å²) in [6.45, 7) is -0.370. The number of Topliss-reactive ketones (excluding diaryl/α,β-unsaturated/α-hetero) is 1. The quantitative estimate of drug-likeness (QED) is 0.471. The number of ketones is 1. The summed E-state index contributed by atoms with van der Waals surface area (Å²) in [5, 5.41) is 0. The average Bonchev–Trinajstić information content (AvgIpc) is 3.02. The van der Waals surface area contributed by atoms with Crippen molar-refractivity contribution in [2.75, 3.05) is 6.54 Å². The van der Waals surface area contributed by atoms with Gasteiger partial charge in [-0.1, -0.05) is 15.9 Å². The second-order valence-corrected chi connectivity index (χ2v) is 10.7. The first-order chi connectivity index (χ1) is 13.2. The van der Waals surface area contributed by atoms with Crippen molar-refractivity contribution in [3.8, 4) is 0 Å². The Morgan fingerprint density at radius 3 is 2.54 bits per heavy atom. The Labute approximate surface area is 184 Å². The monoisotopic (exact) mass is 583 g/mol. The van der Waals surface area contributed by atoms with Gasteiger partial charge in [0.15, 0.2) is 5.78 Å². The van der Waals surface area contributed by atoms with Crippen LogP contribution in [-0.2, 0) is 21.2 Å². The number of halogens is 4. The molecule has 1 saturated heterocycles. The van der Waals surface area contributed by atoms with Crippen molar-refractivity contribution in [2.24, 2.45) is 0 Å². The van der Waals surface area contributed by atoms with E-state index in [-0.39, 0.29) is 30.1 Å². The molecule has 3 rings (SSSR count). The maximum Gasteiger partial charge on any atom is 0.243 e. The third-order valence-electron chi connectivity index (χ3n) is 4.58. The van der Waals surface area contributed by atoms with Crippen LogP contribution in [0.15, 0.2) is 51.8 Å².